The molecule has 1 heterocycles. The Morgan fingerprint density at radius 1 is 1.26 bits per heavy atom. The molecule has 4 nitrogen and oxygen atoms in total. The highest BCUT2D eigenvalue weighted by molar-refractivity contribution is 7.92. The van der Waals surface area contributed by atoms with Crippen molar-refractivity contribution in [2.24, 2.45) is 5.41 Å². The molecule has 1 aliphatic carbocycles. The first-order chi connectivity index (χ1) is 10.7. The lowest BCUT2D eigenvalue weighted by Crippen LogP contribution is -2.41. The zero-order valence-electron chi connectivity index (χ0n) is 13.9. The minimum absolute atomic E-state index is 0.257. The molecule has 1 saturated carbocycles. The van der Waals surface area contributed by atoms with E-state index < -0.39 is 14.2 Å². The number of aryl methyl sites for hydroxylation is 2. The Labute approximate surface area is 144 Å². The minimum Gasteiger partial charge on any atom is -0.317 e. The van der Waals surface area contributed by atoms with Gasteiger partial charge in [-0.1, -0.05) is 35.4 Å². The van der Waals surface area contributed by atoms with Gasteiger partial charge in [0.1, 0.15) is 0 Å². The molecule has 2 fully saturated rings. The van der Waals surface area contributed by atoms with Crippen molar-refractivity contribution in [3.05, 3.63) is 34.9 Å². The van der Waals surface area contributed by atoms with E-state index in [9.17, 15) is 8.42 Å². The van der Waals surface area contributed by atoms with Crippen LogP contribution in [0, 0.1) is 19.3 Å². The Kier molecular flexibility index (Phi) is 4.28. The van der Waals surface area contributed by atoms with E-state index in [1.54, 1.807) is 0 Å². The Bertz CT molecular complexity index is 713. The maximum atomic E-state index is 12.9. The van der Waals surface area contributed by atoms with Gasteiger partial charge in [0, 0.05) is 11.5 Å². The van der Waals surface area contributed by atoms with Gasteiger partial charge in [-0.2, -0.15) is 0 Å². The van der Waals surface area contributed by atoms with Crippen molar-refractivity contribution in [3.8, 4) is 0 Å². The average molecular weight is 357 g/mol. The normalized spacial score (nSPS) is 27.8. The number of hydrogen-bond acceptors (Lipinski definition) is 3. The molecule has 3 rings (SSSR count). The lowest BCUT2D eigenvalue weighted by Gasteiger charge is -2.27. The summed E-state index contributed by atoms with van der Waals surface area (Å²) in [6.45, 7) is 7.59. The smallest absolute Gasteiger partial charge is 0.232 e. The van der Waals surface area contributed by atoms with Crippen LogP contribution in [0.1, 0.15) is 48.9 Å². The number of nitrogens with one attached hydrogen (secondary N) is 2. The molecular weight excluding hydrogens is 332 g/mol. The van der Waals surface area contributed by atoms with Gasteiger partial charge in [-0.05, 0) is 64.3 Å². The van der Waals surface area contributed by atoms with E-state index in [4.69, 9.17) is 11.6 Å². The maximum Gasteiger partial charge on any atom is 0.232 e. The summed E-state index contributed by atoms with van der Waals surface area (Å²) < 4.78 is 27.5. The van der Waals surface area contributed by atoms with E-state index in [-0.39, 0.29) is 11.5 Å². The fraction of sp³-hybridized carbons (Fsp3) is 0.647. The van der Waals surface area contributed by atoms with E-state index >= 15 is 0 Å². The molecule has 2 aliphatic rings. The van der Waals surface area contributed by atoms with E-state index in [2.05, 4.69) is 10.0 Å². The number of benzene rings is 1. The monoisotopic (exact) mass is 356 g/mol. The zero-order valence-corrected chi connectivity index (χ0v) is 15.5. The standard InChI is InChI=1S/C17H25ClN2O2S/c1-12-4-5-13(2)15(10-12)14(3)20-23(21,22)17(18)11-16(17)6-8-19-9-7-16/h4-5,10,14,19-20H,6-9,11H2,1-3H3. The van der Waals surface area contributed by atoms with Gasteiger partial charge in [0.2, 0.25) is 10.0 Å². The number of hydrogen-bond donors (Lipinski definition) is 2. The highest BCUT2D eigenvalue weighted by Crippen LogP contribution is 2.68. The van der Waals surface area contributed by atoms with E-state index in [1.807, 2.05) is 39.0 Å². The molecule has 1 aromatic rings. The SMILES string of the molecule is Cc1ccc(C)c(C(C)NS(=O)(=O)C2(Cl)CC23CCNCC3)c1. The van der Waals surface area contributed by atoms with Crippen molar-refractivity contribution >= 4 is 21.6 Å². The zero-order chi connectivity index (χ0) is 16.9. The van der Waals surface area contributed by atoms with Crippen molar-refractivity contribution in [3.63, 3.8) is 0 Å². The van der Waals surface area contributed by atoms with Gasteiger partial charge in [-0.25, -0.2) is 13.1 Å². The number of rotatable bonds is 4. The maximum absolute atomic E-state index is 12.9. The van der Waals surface area contributed by atoms with Crippen LogP contribution in [0.4, 0.5) is 0 Å². The van der Waals surface area contributed by atoms with E-state index in [0.29, 0.717) is 6.42 Å². The third kappa shape index (κ3) is 2.82. The molecule has 1 aliphatic heterocycles. The molecule has 0 bridgehead atoms. The van der Waals surface area contributed by atoms with Gasteiger partial charge in [0.05, 0.1) is 0 Å². The number of sulfonamides is 1. The van der Waals surface area contributed by atoms with Crippen LogP contribution >= 0.6 is 11.6 Å². The molecule has 128 valence electrons. The van der Waals surface area contributed by atoms with Gasteiger partial charge >= 0.3 is 0 Å². The van der Waals surface area contributed by atoms with Gasteiger partial charge in [-0.15, -0.1) is 0 Å². The molecule has 0 aromatic heterocycles. The van der Waals surface area contributed by atoms with Crippen molar-refractivity contribution in [1.29, 1.82) is 0 Å². The Balaban J connectivity index is 1.80. The molecule has 2 N–H and O–H groups in total. The fourth-order valence-electron chi connectivity index (χ4n) is 3.84. The van der Waals surface area contributed by atoms with E-state index in [1.165, 1.54) is 0 Å². The second-order valence-electron chi connectivity index (χ2n) is 7.14. The molecule has 1 spiro atoms. The summed E-state index contributed by atoms with van der Waals surface area (Å²) >= 11 is 6.60. The average Bonchev–Trinajstić information content (AvgIpc) is 3.07. The summed E-state index contributed by atoms with van der Waals surface area (Å²) in [5, 5.41) is 3.28. The molecule has 23 heavy (non-hydrogen) atoms. The van der Waals surface area contributed by atoms with Crippen LogP contribution in [-0.2, 0) is 10.0 Å². The fourth-order valence-corrected chi connectivity index (χ4v) is 6.44. The van der Waals surface area contributed by atoms with Crippen LogP contribution in [0.15, 0.2) is 18.2 Å². The summed E-state index contributed by atoms with van der Waals surface area (Å²) in [7, 11) is -3.58. The Morgan fingerprint density at radius 2 is 1.91 bits per heavy atom. The Morgan fingerprint density at radius 3 is 2.57 bits per heavy atom. The van der Waals surface area contributed by atoms with Crippen molar-refractivity contribution in [1.82, 2.24) is 10.0 Å². The minimum atomic E-state index is -3.58. The first kappa shape index (κ1) is 17.2. The number of halogens is 1. The largest absolute Gasteiger partial charge is 0.317 e. The first-order valence-corrected chi connectivity index (χ1v) is 10.1. The summed E-state index contributed by atoms with van der Waals surface area (Å²) in [4.78, 5) is 0. The van der Waals surface area contributed by atoms with Crippen LogP contribution in [0.2, 0.25) is 0 Å². The molecule has 2 atom stereocenters. The molecule has 0 amide bonds. The third-order valence-corrected chi connectivity index (χ3v) is 8.69. The topological polar surface area (TPSA) is 58.2 Å². The lowest BCUT2D eigenvalue weighted by molar-refractivity contribution is 0.346. The quantitative estimate of drug-likeness (QED) is 0.815. The van der Waals surface area contributed by atoms with Crippen LogP contribution in [0.5, 0.6) is 0 Å². The van der Waals surface area contributed by atoms with Crippen LogP contribution in [0.3, 0.4) is 0 Å². The molecule has 1 saturated heterocycles. The first-order valence-electron chi connectivity index (χ1n) is 8.19. The summed E-state index contributed by atoms with van der Waals surface area (Å²) in [5.74, 6) is 0. The number of piperidine rings is 1. The molecule has 2 unspecified atom stereocenters. The molecular formula is C17H25ClN2O2S. The van der Waals surface area contributed by atoms with Crippen molar-refractivity contribution < 1.29 is 8.42 Å². The predicted molar refractivity (Wildman–Crippen MR) is 94.1 cm³/mol. The van der Waals surface area contributed by atoms with Gasteiger partial charge in [0.15, 0.2) is 4.21 Å². The number of alkyl halides is 1. The highest BCUT2D eigenvalue weighted by atomic mass is 35.5. The van der Waals surface area contributed by atoms with Crippen LogP contribution in [0.25, 0.3) is 0 Å². The summed E-state index contributed by atoms with van der Waals surface area (Å²) in [5.41, 5.74) is 2.96. The van der Waals surface area contributed by atoms with Crippen molar-refractivity contribution in [2.45, 2.75) is 50.3 Å². The van der Waals surface area contributed by atoms with Gasteiger partial charge in [-0.3, -0.25) is 0 Å². The second kappa shape index (κ2) is 5.73. The summed E-state index contributed by atoms with van der Waals surface area (Å²) in [6.07, 6.45) is 2.21. The predicted octanol–water partition coefficient (Wildman–Crippen LogP) is 2.99. The Hall–Kier alpha value is -0.620. The highest BCUT2D eigenvalue weighted by Gasteiger charge is 2.73. The molecule has 0 radical (unpaired) electrons. The summed E-state index contributed by atoms with van der Waals surface area (Å²) in [6, 6.07) is 5.82. The van der Waals surface area contributed by atoms with Crippen LogP contribution in [-0.4, -0.2) is 25.7 Å². The van der Waals surface area contributed by atoms with Crippen molar-refractivity contribution in [2.75, 3.05) is 13.1 Å². The van der Waals surface area contributed by atoms with Gasteiger partial charge < -0.3 is 5.32 Å². The van der Waals surface area contributed by atoms with Gasteiger partial charge in [0.25, 0.3) is 0 Å². The third-order valence-electron chi connectivity index (χ3n) is 5.45. The van der Waals surface area contributed by atoms with E-state index in [0.717, 1.165) is 42.6 Å². The van der Waals surface area contributed by atoms with Crippen LogP contribution < -0.4 is 10.0 Å². The molecule has 1 aromatic carbocycles. The lowest BCUT2D eigenvalue weighted by atomic mass is 9.95. The molecule has 6 heteroatoms. The second-order valence-corrected chi connectivity index (χ2v) is 9.95.